The molecule has 3 aliphatic heterocycles. The van der Waals surface area contributed by atoms with Crippen LogP contribution >= 0.6 is 0 Å². The van der Waals surface area contributed by atoms with Gasteiger partial charge in [0, 0.05) is 51.7 Å². The first-order valence-electron chi connectivity index (χ1n) is 20.7. The Kier molecular flexibility index (Phi) is 15.1. The van der Waals surface area contributed by atoms with Gasteiger partial charge in [-0.05, 0) is 95.5 Å². The van der Waals surface area contributed by atoms with Gasteiger partial charge in [-0.15, -0.1) is 0 Å². The second kappa shape index (κ2) is 19.2. The Morgan fingerprint density at radius 3 is 2.38 bits per heavy atom. The molecular weight excluding hydrogens is 720 g/mol. The average Bonchev–Trinajstić information content (AvgIpc) is 3.68. The molecule has 1 aromatic heterocycles. The topological polar surface area (TPSA) is 167 Å². The molecular formula is C43H66N2O11. The van der Waals surface area contributed by atoms with E-state index in [1.54, 1.807) is 28.3 Å². The van der Waals surface area contributed by atoms with Gasteiger partial charge in [0.15, 0.2) is 0 Å². The first-order chi connectivity index (χ1) is 26.6. The normalized spacial score (nSPS) is 39.6. The molecule has 13 atom stereocenters. The number of allylic oxidation sites excluding steroid dienone is 3. The third-order valence-electron chi connectivity index (χ3n) is 12.8. The summed E-state index contributed by atoms with van der Waals surface area (Å²) in [5.41, 5.74) is 2.59. The van der Waals surface area contributed by atoms with Crippen LogP contribution in [0.5, 0.6) is 0 Å². The van der Waals surface area contributed by atoms with Gasteiger partial charge in [-0.1, -0.05) is 50.6 Å². The first kappa shape index (κ1) is 44.2. The number of rotatable bonds is 6. The molecule has 13 nitrogen and oxygen atoms in total. The van der Waals surface area contributed by atoms with Crippen molar-refractivity contribution in [3.05, 3.63) is 40.8 Å². The van der Waals surface area contributed by atoms with Crippen LogP contribution in [0.3, 0.4) is 0 Å². The number of esters is 1. The number of ether oxygens (including phenoxy) is 5. The second-order valence-corrected chi connectivity index (χ2v) is 17.0. The van der Waals surface area contributed by atoms with Gasteiger partial charge >= 0.3 is 5.97 Å². The van der Waals surface area contributed by atoms with Crippen LogP contribution in [0.1, 0.15) is 129 Å². The van der Waals surface area contributed by atoms with E-state index >= 15 is 0 Å². The third kappa shape index (κ3) is 9.67. The van der Waals surface area contributed by atoms with Crippen LogP contribution in [0.2, 0.25) is 0 Å². The maximum Gasteiger partial charge on any atom is 0.329 e. The largest absolute Gasteiger partial charge is 0.456 e. The van der Waals surface area contributed by atoms with Gasteiger partial charge in [-0.3, -0.25) is 9.59 Å². The number of fused-ring (bicyclic) bond motifs is 5. The second-order valence-electron chi connectivity index (χ2n) is 17.0. The number of nitrogens with zero attached hydrogens (tertiary/aromatic N) is 2. The van der Waals surface area contributed by atoms with E-state index in [-0.39, 0.29) is 36.8 Å². The molecule has 4 bridgehead atoms. The van der Waals surface area contributed by atoms with Crippen LogP contribution < -0.4 is 0 Å². The average molecular weight is 787 g/mol. The van der Waals surface area contributed by atoms with Gasteiger partial charge in [-0.25, -0.2) is 4.79 Å². The number of aliphatic hydroxyl groups excluding tert-OH is 1. The molecule has 1 saturated carbocycles. The maximum atomic E-state index is 14.4. The Morgan fingerprint density at radius 2 is 1.70 bits per heavy atom. The Morgan fingerprint density at radius 1 is 1.00 bits per heavy atom. The van der Waals surface area contributed by atoms with Gasteiger partial charge in [0.1, 0.15) is 24.0 Å². The van der Waals surface area contributed by atoms with Crippen LogP contribution in [-0.4, -0.2) is 114 Å². The summed E-state index contributed by atoms with van der Waals surface area (Å²) in [7, 11) is 4.73. The minimum atomic E-state index is -2.46. The maximum absolute atomic E-state index is 14.4. The Labute approximate surface area is 332 Å². The van der Waals surface area contributed by atoms with Crippen molar-refractivity contribution in [2.75, 3.05) is 27.9 Å². The van der Waals surface area contributed by atoms with E-state index in [1.807, 2.05) is 19.9 Å². The molecule has 4 aliphatic rings. The van der Waals surface area contributed by atoms with E-state index in [2.05, 4.69) is 38.1 Å². The van der Waals surface area contributed by atoms with E-state index in [9.17, 15) is 24.6 Å². The van der Waals surface area contributed by atoms with Crippen LogP contribution in [0, 0.1) is 17.8 Å². The minimum Gasteiger partial charge on any atom is -0.456 e. The van der Waals surface area contributed by atoms with Gasteiger partial charge in [0.05, 0.1) is 30.1 Å². The summed E-state index contributed by atoms with van der Waals surface area (Å²) >= 11 is 0. The van der Waals surface area contributed by atoms with E-state index in [1.165, 1.54) is 4.90 Å². The van der Waals surface area contributed by atoms with Crippen molar-refractivity contribution in [2.45, 2.75) is 166 Å². The molecule has 1 aromatic rings. The van der Waals surface area contributed by atoms with E-state index in [4.69, 9.17) is 28.2 Å². The molecule has 5 rings (SSSR count). The van der Waals surface area contributed by atoms with E-state index in [0.29, 0.717) is 50.0 Å². The summed E-state index contributed by atoms with van der Waals surface area (Å²) in [6.45, 7) is 12.0. The van der Waals surface area contributed by atoms with Crippen molar-refractivity contribution in [1.29, 1.82) is 0 Å². The van der Waals surface area contributed by atoms with Crippen molar-refractivity contribution >= 4 is 17.7 Å². The summed E-state index contributed by atoms with van der Waals surface area (Å²) in [6, 6.07) is 0.892. The van der Waals surface area contributed by atoms with Crippen LogP contribution in [0.4, 0.5) is 0 Å². The highest BCUT2D eigenvalue weighted by atomic mass is 16.7. The molecule has 2 saturated heterocycles. The number of Topliss-reactive ketones (excluding diaryl/α,β-unsaturated/α-hetero) is 1. The standard InChI is InChI=1S/C43H66N2O11/c1-10-30-18-24(2)17-25(3)19-36(52-8)39-37(53-9)21-27(5)43(50,55-39)40(47)41(48)45-16-12-11-13-32(45)42(49)54-38(28(6)31-23-34(30)56-44-31)26(4)20-29-14-15-33(46)35(22-29)51-7/h18,20,23,25,27-30,32-33,35-39,46,50H,10-17,19,21-22H2,1-9H3/b24-18+,26-20+/t25-,27+,28+,29-,30+,32-,33+,35+,36-,37-,38+,39+,43+/m0/s1. The molecule has 2 N–H and O–H groups in total. The zero-order valence-electron chi connectivity index (χ0n) is 34.9. The Bertz CT molecular complexity index is 1570. The molecule has 56 heavy (non-hydrogen) atoms. The first-order valence-corrected chi connectivity index (χ1v) is 20.7. The van der Waals surface area contributed by atoms with E-state index in [0.717, 1.165) is 30.4 Å². The van der Waals surface area contributed by atoms with Crippen molar-refractivity contribution in [1.82, 2.24) is 10.1 Å². The number of methoxy groups -OCH3 is 3. The van der Waals surface area contributed by atoms with Crippen molar-refractivity contribution in [3.8, 4) is 0 Å². The number of cyclic esters (lactones) is 1. The SMILES string of the molecule is CC[C@@H]1/C=C(\C)C[C@H](C)C[C@H](OC)[C@H]2O[C@@](O)(C(=O)C(=O)N3CCCC[C@H]3C(=O)O[C@H](/C(C)=C/[C@@H]3CC[C@@H](O)[C@H](OC)C3)[C@H](C)c3cc1on3)[C@H](C)C[C@@H]2OC. The summed E-state index contributed by atoms with van der Waals surface area (Å²) in [4.78, 5) is 44.1. The smallest absolute Gasteiger partial charge is 0.329 e. The highest BCUT2D eigenvalue weighted by Crippen LogP contribution is 2.40. The number of hydrogen-bond acceptors (Lipinski definition) is 12. The summed E-state index contributed by atoms with van der Waals surface area (Å²) in [6.07, 6.45) is 6.59. The summed E-state index contributed by atoms with van der Waals surface area (Å²) in [5, 5.41) is 27.0. The highest BCUT2D eigenvalue weighted by molar-refractivity contribution is 6.39. The number of ketones is 1. The number of carbonyl (C=O) groups is 3. The summed E-state index contributed by atoms with van der Waals surface area (Å²) < 4.78 is 36.0. The molecule has 1 aliphatic carbocycles. The molecule has 314 valence electrons. The van der Waals surface area contributed by atoms with E-state index < -0.39 is 71.8 Å². The molecule has 1 amide bonds. The minimum absolute atomic E-state index is 0.0378. The lowest BCUT2D eigenvalue weighted by molar-refractivity contribution is -0.302. The number of carbonyl (C=O) groups excluding carboxylic acids is 3. The van der Waals surface area contributed by atoms with Gasteiger partial charge in [-0.2, -0.15) is 0 Å². The zero-order chi connectivity index (χ0) is 40.9. The molecule has 3 fully saturated rings. The molecule has 0 spiro atoms. The number of amides is 1. The van der Waals surface area contributed by atoms with Crippen molar-refractivity contribution in [2.24, 2.45) is 17.8 Å². The predicted molar refractivity (Wildman–Crippen MR) is 207 cm³/mol. The molecule has 4 heterocycles. The lowest BCUT2D eigenvalue weighted by Crippen LogP contribution is -2.64. The summed E-state index contributed by atoms with van der Waals surface area (Å²) in [5.74, 6) is -5.54. The van der Waals surface area contributed by atoms with Gasteiger partial charge < -0.3 is 43.3 Å². The van der Waals surface area contributed by atoms with Crippen molar-refractivity contribution in [3.63, 3.8) is 0 Å². The lowest BCUT2D eigenvalue weighted by atomic mass is 9.82. The fourth-order valence-corrected chi connectivity index (χ4v) is 9.43. The predicted octanol–water partition coefficient (Wildman–Crippen LogP) is 5.78. The monoisotopic (exact) mass is 786 g/mol. The fraction of sp³-hybridized carbons (Fsp3) is 0.767. The number of aliphatic hydroxyl groups is 2. The Balaban J connectivity index is 1.56. The molecule has 0 radical (unpaired) electrons. The zero-order valence-corrected chi connectivity index (χ0v) is 34.9. The van der Waals surface area contributed by atoms with Gasteiger partial charge in [0.2, 0.25) is 5.79 Å². The fourth-order valence-electron chi connectivity index (χ4n) is 9.43. The molecule has 0 aromatic carbocycles. The van der Waals surface area contributed by atoms with Crippen LogP contribution in [0.15, 0.2) is 33.9 Å². The third-order valence-corrected chi connectivity index (χ3v) is 12.8. The van der Waals surface area contributed by atoms with Crippen molar-refractivity contribution < 1.29 is 52.8 Å². The number of aromatic nitrogens is 1. The highest BCUT2D eigenvalue weighted by Gasteiger charge is 2.56. The van der Waals surface area contributed by atoms with Gasteiger partial charge in [0.25, 0.3) is 11.7 Å². The lowest BCUT2D eigenvalue weighted by Gasteiger charge is -2.47. The quantitative estimate of drug-likeness (QED) is 0.203. The Hall–Kier alpha value is -2.94. The number of hydrogen-bond donors (Lipinski definition) is 2. The number of piperidine rings is 1. The van der Waals surface area contributed by atoms with Crippen LogP contribution in [-0.2, 0) is 38.1 Å². The molecule has 0 unspecified atom stereocenters. The van der Waals surface area contributed by atoms with Crippen LogP contribution in [0.25, 0.3) is 0 Å². The molecule has 13 heteroatoms.